The van der Waals surface area contributed by atoms with Gasteiger partial charge in [0, 0.05) is 11.3 Å². The summed E-state index contributed by atoms with van der Waals surface area (Å²) >= 11 is 0. The van der Waals surface area contributed by atoms with Crippen LogP contribution in [0.5, 0.6) is 5.75 Å². The van der Waals surface area contributed by atoms with Gasteiger partial charge in [0.15, 0.2) is 0 Å². The zero-order chi connectivity index (χ0) is 20.5. The largest absolute Gasteiger partial charge is 0.508 e. The number of alkyl halides is 3. The fraction of sp³-hybridized carbons (Fsp3) is 0.143. The maximum absolute atomic E-state index is 13.1. The van der Waals surface area contributed by atoms with E-state index in [1.807, 2.05) is 0 Å². The molecule has 28 heavy (non-hydrogen) atoms. The first-order valence-corrected chi connectivity index (χ1v) is 8.49. The van der Waals surface area contributed by atoms with Crippen molar-refractivity contribution in [1.29, 1.82) is 0 Å². The van der Waals surface area contributed by atoms with E-state index in [4.69, 9.17) is 0 Å². The highest BCUT2D eigenvalue weighted by Gasteiger charge is 2.36. The fourth-order valence-electron chi connectivity index (χ4n) is 2.96. The summed E-state index contributed by atoms with van der Waals surface area (Å²) in [5.74, 6) is -0.553. The van der Waals surface area contributed by atoms with Gasteiger partial charge in [0.1, 0.15) is 11.5 Å². The molecule has 0 atom stereocenters. The van der Waals surface area contributed by atoms with E-state index in [1.165, 1.54) is 29.2 Å². The summed E-state index contributed by atoms with van der Waals surface area (Å²) in [6.07, 6.45) is 0.732. The van der Waals surface area contributed by atoms with Crippen molar-refractivity contribution in [2.24, 2.45) is 4.99 Å². The number of carbonyl (C=O) groups is 1. The third-order valence-corrected chi connectivity index (χ3v) is 4.19. The number of fused-ring (bicyclic) bond motifs is 1. The molecule has 0 saturated carbocycles. The molecule has 4 nitrogen and oxygen atoms in total. The molecule has 0 aliphatic carbocycles. The zero-order valence-electron chi connectivity index (χ0n) is 15.2. The van der Waals surface area contributed by atoms with Gasteiger partial charge in [-0.25, -0.2) is 4.99 Å². The Kier molecular flexibility index (Phi) is 5.09. The lowest BCUT2D eigenvalue weighted by molar-refractivity contribution is -0.137. The van der Waals surface area contributed by atoms with Crippen LogP contribution in [-0.2, 0) is 11.0 Å². The van der Waals surface area contributed by atoms with E-state index in [1.54, 1.807) is 38.1 Å². The number of halogens is 3. The van der Waals surface area contributed by atoms with Gasteiger partial charge in [-0.3, -0.25) is 9.69 Å². The molecule has 1 aliphatic heterocycles. The predicted molar refractivity (Wildman–Crippen MR) is 102 cm³/mol. The number of carbonyl (C=O) groups excluding carboxylic acids is 1. The summed E-state index contributed by atoms with van der Waals surface area (Å²) in [5, 5.41) is 9.84. The number of rotatable bonds is 3. The van der Waals surface area contributed by atoms with Gasteiger partial charge in [-0.05, 0) is 56.3 Å². The molecule has 0 spiro atoms. The molecule has 0 fully saturated rings. The number of allylic oxidation sites excluding steroid dienone is 3. The SMILES string of the molecule is C/C=C\C(=C/C)N1C(=O)C(=Nc2cccc(C(F)(F)F)c2)c2cc(O)ccc21. The maximum atomic E-state index is 13.1. The van der Waals surface area contributed by atoms with Crippen LogP contribution in [0.25, 0.3) is 0 Å². The van der Waals surface area contributed by atoms with Gasteiger partial charge in [-0.1, -0.05) is 18.2 Å². The van der Waals surface area contributed by atoms with E-state index >= 15 is 0 Å². The van der Waals surface area contributed by atoms with Crippen molar-refractivity contribution in [1.82, 2.24) is 0 Å². The molecule has 0 bridgehead atoms. The van der Waals surface area contributed by atoms with E-state index in [9.17, 15) is 23.1 Å². The third-order valence-electron chi connectivity index (χ3n) is 4.19. The third kappa shape index (κ3) is 3.55. The Morgan fingerprint density at radius 2 is 1.89 bits per heavy atom. The van der Waals surface area contributed by atoms with Crippen LogP contribution in [0.4, 0.5) is 24.5 Å². The lowest BCUT2D eigenvalue weighted by Gasteiger charge is -2.17. The molecule has 0 radical (unpaired) electrons. The first kappa shape index (κ1) is 19.4. The summed E-state index contributed by atoms with van der Waals surface area (Å²) in [7, 11) is 0. The van der Waals surface area contributed by atoms with Crippen LogP contribution in [0.2, 0.25) is 0 Å². The van der Waals surface area contributed by atoms with Crippen LogP contribution >= 0.6 is 0 Å². The second-order valence-corrected chi connectivity index (χ2v) is 6.06. The number of aliphatic imine (C=N–C) groups is 1. The van der Waals surface area contributed by atoms with Crippen LogP contribution in [0, 0.1) is 0 Å². The summed E-state index contributed by atoms with van der Waals surface area (Å²) in [6, 6.07) is 8.84. The van der Waals surface area contributed by atoms with Crippen molar-refractivity contribution in [2.45, 2.75) is 20.0 Å². The van der Waals surface area contributed by atoms with Gasteiger partial charge < -0.3 is 5.11 Å². The summed E-state index contributed by atoms with van der Waals surface area (Å²) < 4.78 is 38.9. The van der Waals surface area contributed by atoms with Gasteiger partial charge in [-0.2, -0.15) is 13.2 Å². The summed E-state index contributed by atoms with van der Waals surface area (Å²) in [5.41, 5.74) is 0.562. The molecule has 3 rings (SSSR count). The number of phenols is 1. The lowest BCUT2D eigenvalue weighted by Crippen LogP contribution is -2.28. The van der Waals surface area contributed by atoms with Gasteiger partial charge in [-0.15, -0.1) is 0 Å². The van der Waals surface area contributed by atoms with Crippen LogP contribution < -0.4 is 4.90 Å². The molecule has 0 aromatic heterocycles. The molecule has 144 valence electrons. The van der Waals surface area contributed by atoms with Crippen LogP contribution in [-0.4, -0.2) is 16.7 Å². The van der Waals surface area contributed by atoms with Crippen molar-refractivity contribution in [3.05, 3.63) is 77.5 Å². The fourth-order valence-corrected chi connectivity index (χ4v) is 2.96. The Morgan fingerprint density at radius 1 is 1.14 bits per heavy atom. The Bertz CT molecular complexity index is 1020. The lowest BCUT2D eigenvalue weighted by atomic mass is 10.1. The molecule has 2 aromatic carbocycles. The monoisotopic (exact) mass is 386 g/mol. The first-order chi connectivity index (χ1) is 13.3. The van der Waals surface area contributed by atoms with Crippen molar-refractivity contribution in [3.8, 4) is 5.75 Å². The van der Waals surface area contributed by atoms with E-state index in [0.717, 1.165) is 12.1 Å². The Morgan fingerprint density at radius 3 is 2.54 bits per heavy atom. The Labute approximate surface area is 159 Å². The zero-order valence-corrected chi connectivity index (χ0v) is 15.2. The van der Waals surface area contributed by atoms with Crippen molar-refractivity contribution in [2.75, 3.05) is 4.90 Å². The molecule has 1 heterocycles. The minimum atomic E-state index is -4.51. The smallest absolute Gasteiger partial charge is 0.416 e. The van der Waals surface area contributed by atoms with E-state index < -0.39 is 17.6 Å². The second kappa shape index (κ2) is 7.34. The molecule has 0 unspecified atom stereocenters. The Balaban J connectivity index is 2.16. The topological polar surface area (TPSA) is 52.9 Å². The van der Waals surface area contributed by atoms with Gasteiger partial charge in [0.05, 0.1) is 16.9 Å². The number of benzene rings is 2. The second-order valence-electron chi connectivity index (χ2n) is 6.06. The molecule has 1 N–H and O–H groups in total. The number of nitrogens with zero attached hydrogens (tertiary/aromatic N) is 2. The number of hydrogen-bond donors (Lipinski definition) is 1. The number of anilines is 1. The van der Waals surface area contributed by atoms with E-state index in [2.05, 4.69) is 4.99 Å². The minimum Gasteiger partial charge on any atom is -0.508 e. The highest BCUT2D eigenvalue weighted by atomic mass is 19.4. The molecule has 7 heteroatoms. The molecule has 1 amide bonds. The quantitative estimate of drug-likeness (QED) is 0.722. The van der Waals surface area contributed by atoms with E-state index in [0.29, 0.717) is 16.9 Å². The average molecular weight is 386 g/mol. The molecule has 1 aliphatic rings. The normalized spacial score (nSPS) is 16.3. The van der Waals surface area contributed by atoms with E-state index in [-0.39, 0.29) is 17.1 Å². The number of phenolic OH excluding ortho intramolecular Hbond substituents is 1. The average Bonchev–Trinajstić information content (AvgIpc) is 2.91. The minimum absolute atomic E-state index is 0.00220. The van der Waals surface area contributed by atoms with Crippen LogP contribution in [0.3, 0.4) is 0 Å². The highest BCUT2D eigenvalue weighted by molar-refractivity contribution is 6.55. The van der Waals surface area contributed by atoms with Crippen LogP contribution in [0.15, 0.2) is 71.4 Å². The number of hydrogen-bond acceptors (Lipinski definition) is 3. The standard InChI is InChI=1S/C21H17F3N2O2/c1-3-6-15(4-2)26-18-10-9-16(27)12-17(18)19(20(26)28)25-14-8-5-7-13(11-14)21(22,23)24/h3-12,27H,1-2H3/b6-3-,15-4+,25-19?. The Hall–Kier alpha value is -3.35. The molecule has 0 saturated heterocycles. The first-order valence-electron chi connectivity index (χ1n) is 8.49. The van der Waals surface area contributed by atoms with Crippen molar-refractivity contribution < 1.29 is 23.1 Å². The molecular formula is C21H17F3N2O2. The van der Waals surface area contributed by atoms with Gasteiger partial charge in [0.2, 0.25) is 0 Å². The predicted octanol–water partition coefficient (Wildman–Crippen LogP) is 5.36. The van der Waals surface area contributed by atoms with Crippen molar-refractivity contribution in [3.63, 3.8) is 0 Å². The van der Waals surface area contributed by atoms with Gasteiger partial charge >= 0.3 is 6.18 Å². The molecule has 2 aromatic rings. The van der Waals surface area contributed by atoms with Crippen LogP contribution in [0.1, 0.15) is 25.0 Å². The maximum Gasteiger partial charge on any atom is 0.416 e. The number of amides is 1. The summed E-state index contributed by atoms with van der Waals surface area (Å²) in [4.78, 5) is 18.7. The highest BCUT2D eigenvalue weighted by Crippen LogP contribution is 2.37. The molecular weight excluding hydrogens is 369 g/mol. The van der Waals surface area contributed by atoms with Gasteiger partial charge in [0.25, 0.3) is 5.91 Å². The number of aromatic hydroxyl groups is 1. The van der Waals surface area contributed by atoms with Crippen molar-refractivity contribution >= 4 is 23.0 Å². The summed E-state index contributed by atoms with van der Waals surface area (Å²) in [6.45, 7) is 3.57.